The van der Waals surface area contributed by atoms with E-state index in [1.807, 2.05) is 0 Å². The van der Waals surface area contributed by atoms with E-state index in [1.165, 1.54) is 6.40 Å². The van der Waals surface area contributed by atoms with Crippen molar-refractivity contribution in [3.63, 3.8) is 0 Å². The zero-order valence-electron chi connectivity index (χ0n) is 6.44. The first kappa shape index (κ1) is 8.33. The molecule has 0 bridgehead atoms. The number of hydrazone groups is 1. The molecule has 0 aromatic carbocycles. The number of hydrogen-bond donors (Lipinski definition) is 2. The van der Waals surface area contributed by atoms with Crippen LogP contribution in [0.25, 0.3) is 0 Å². The molecule has 1 rings (SSSR count). The molecule has 0 heterocycles. The summed E-state index contributed by atoms with van der Waals surface area (Å²) in [6, 6.07) is 0. The van der Waals surface area contributed by atoms with Crippen LogP contribution in [0.4, 0.5) is 0 Å². The van der Waals surface area contributed by atoms with Crippen LogP contribution in [0.15, 0.2) is 5.10 Å². The normalized spacial score (nSPS) is 32.5. The van der Waals surface area contributed by atoms with Gasteiger partial charge in [-0.25, -0.2) is 0 Å². The molecular weight excluding hydrogens is 144 g/mol. The van der Waals surface area contributed by atoms with Crippen molar-refractivity contribution in [2.75, 3.05) is 0 Å². The van der Waals surface area contributed by atoms with E-state index >= 15 is 0 Å². The lowest BCUT2D eigenvalue weighted by molar-refractivity contribution is 0.0511. The summed E-state index contributed by atoms with van der Waals surface area (Å²) in [6.07, 6.45) is 4.73. The minimum absolute atomic E-state index is 0.103. The monoisotopic (exact) mass is 158 g/mol. The maximum atomic E-state index is 9.22. The lowest BCUT2D eigenvalue weighted by Crippen LogP contribution is -2.25. The number of rotatable bonds is 2. The first-order chi connectivity index (χ1) is 5.33. The van der Waals surface area contributed by atoms with Crippen LogP contribution in [-0.4, -0.2) is 23.7 Å². The molecular formula is C7H14N2O2. The smallest absolute Gasteiger partial charge is 0.192 e. The van der Waals surface area contributed by atoms with Crippen LogP contribution in [0.1, 0.15) is 25.7 Å². The van der Waals surface area contributed by atoms with Gasteiger partial charge in [0.2, 0.25) is 0 Å². The number of aliphatic hydroxyl groups excluding tert-OH is 1. The zero-order valence-corrected chi connectivity index (χ0v) is 6.44. The molecule has 4 heteroatoms. The van der Waals surface area contributed by atoms with Crippen LogP contribution >= 0.6 is 0 Å². The molecule has 2 atom stereocenters. The molecule has 0 saturated heterocycles. The molecule has 0 aliphatic heterocycles. The van der Waals surface area contributed by atoms with Gasteiger partial charge in [0, 0.05) is 6.42 Å². The van der Waals surface area contributed by atoms with Gasteiger partial charge in [-0.05, 0) is 19.3 Å². The van der Waals surface area contributed by atoms with Crippen molar-refractivity contribution in [2.24, 2.45) is 10.9 Å². The van der Waals surface area contributed by atoms with Gasteiger partial charge in [-0.3, -0.25) is 0 Å². The average molecular weight is 158 g/mol. The van der Waals surface area contributed by atoms with Crippen molar-refractivity contribution in [1.82, 2.24) is 0 Å². The van der Waals surface area contributed by atoms with Crippen LogP contribution in [0.2, 0.25) is 0 Å². The largest absolute Gasteiger partial charge is 0.479 e. The first-order valence-electron chi connectivity index (χ1n) is 3.88. The summed E-state index contributed by atoms with van der Waals surface area (Å²) in [5.74, 6) is 4.86. The summed E-state index contributed by atoms with van der Waals surface area (Å²) < 4.78 is 5.13. The molecule has 0 radical (unpaired) electrons. The highest BCUT2D eigenvalue weighted by molar-refractivity contribution is 5.45. The standard InChI is InChI=1S/C7H14N2O2/c8-9-5-11-7-3-1-2-6(10)4-7/h5-7,10H,1-4,8H2/b9-5+. The summed E-state index contributed by atoms with van der Waals surface area (Å²) in [6.45, 7) is 0. The maximum absolute atomic E-state index is 9.22. The molecule has 2 unspecified atom stereocenters. The van der Waals surface area contributed by atoms with Crippen LogP contribution in [0.3, 0.4) is 0 Å². The van der Waals surface area contributed by atoms with Gasteiger partial charge in [0.05, 0.1) is 6.10 Å². The summed E-state index contributed by atoms with van der Waals surface area (Å²) in [5.41, 5.74) is 0. The molecule has 0 aromatic heterocycles. The molecule has 1 fully saturated rings. The van der Waals surface area contributed by atoms with Crippen molar-refractivity contribution in [1.29, 1.82) is 0 Å². The molecule has 0 aromatic rings. The van der Waals surface area contributed by atoms with Gasteiger partial charge in [-0.15, -0.1) is 0 Å². The van der Waals surface area contributed by atoms with E-state index in [4.69, 9.17) is 10.6 Å². The second-order valence-corrected chi connectivity index (χ2v) is 2.83. The molecule has 1 aliphatic rings. The fourth-order valence-corrected chi connectivity index (χ4v) is 1.37. The van der Waals surface area contributed by atoms with Gasteiger partial charge in [0.1, 0.15) is 6.10 Å². The highest BCUT2D eigenvalue weighted by Crippen LogP contribution is 2.20. The number of ether oxygens (including phenoxy) is 1. The molecule has 1 saturated carbocycles. The Bertz CT molecular complexity index is 138. The Hall–Kier alpha value is -0.770. The third-order valence-corrected chi connectivity index (χ3v) is 1.91. The number of hydrogen-bond acceptors (Lipinski definition) is 4. The van der Waals surface area contributed by atoms with E-state index in [2.05, 4.69) is 5.10 Å². The van der Waals surface area contributed by atoms with Crippen LogP contribution in [0, 0.1) is 0 Å². The van der Waals surface area contributed by atoms with Crippen molar-refractivity contribution in [3.05, 3.63) is 0 Å². The maximum Gasteiger partial charge on any atom is 0.192 e. The Morgan fingerprint density at radius 3 is 3.00 bits per heavy atom. The summed E-state index contributed by atoms with van der Waals surface area (Å²) >= 11 is 0. The van der Waals surface area contributed by atoms with Crippen molar-refractivity contribution >= 4 is 6.40 Å². The lowest BCUT2D eigenvalue weighted by Gasteiger charge is -2.24. The lowest BCUT2D eigenvalue weighted by atomic mass is 9.95. The molecule has 0 spiro atoms. The van der Waals surface area contributed by atoms with Crippen LogP contribution < -0.4 is 5.84 Å². The average Bonchev–Trinajstić information content (AvgIpc) is 2.01. The number of nitrogens with two attached hydrogens (primary N) is 1. The SMILES string of the molecule is N/N=C/OC1CCCC(O)C1. The Morgan fingerprint density at radius 2 is 2.36 bits per heavy atom. The third kappa shape index (κ3) is 2.76. The third-order valence-electron chi connectivity index (χ3n) is 1.91. The highest BCUT2D eigenvalue weighted by Gasteiger charge is 2.20. The summed E-state index contributed by atoms with van der Waals surface area (Å²) in [4.78, 5) is 0. The fourth-order valence-electron chi connectivity index (χ4n) is 1.37. The van der Waals surface area contributed by atoms with E-state index in [0.29, 0.717) is 6.42 Å². The predicted molar refractivity (Wildman–Crippen MR) is 42.0 cm³/mol. The molecule has 3 N–H and O–H groups in total. The number of nitrogens with zero attached hydrogens (tertiary/aromatic N) is 1. The molecule has 4 nitrogen and oxygen atoms in total. The molecule has 0 amide bonds. The Balaban J connectivity index is 2.22. The van der Waals surface area contributed by atoms with E-state index in [1.54, 1.807) is 0 Å². The summed E-state index contributed by atoms with van der Waals surface area (Å²) in [5, 5.41) is 12.4. The van der Waals surface area contributed by atoms with Gasteiger partial charge in [0.25, 0.3) is 0 Å². The molecule has 11 heavy (non-hydrogen) atoms. The van der Waals surface area contributed by atoms with Gasteiger partial charge in [-0.2, -0.15) is 5.10 Å². The minimum Gasteiger partial charge on any atom is -0.479 e. The fraction of sp³-hybridized carbons (Fsp3) is 0.857. The van der Waals surface area contributed by atoms with Crippen LogP contribution in [0.5, 0.6) is 0 Å². The second kappa shape index (κ2) is 4.18. The van der Waals surface area contributed by atoms with E-state index in [0.717, 1.165) is 19.3 Å². The quantitative estimate of drug-likeness (QED) is 0.261. The zero-order chi connectivity index (χ0) is 8.10. The Morgan fingerprint density at radius 1 is 1.55 bits per heavy atom. The first-order valence-corrected chi connectivity index (χ1v) is 3.88. The van der Waals surface area contributed by atoms with Crippen molar-refractivity contribution in [3.8, 4) is 0 Å². The topological polar surface area (TPSA) is 67.8 Å². The van der Waals surface area contributed by atoms with E-state index < -0.39 is 0 Å². The predicted octanol–water partition coefficient (Wildman–Crippen LogP) is 0.208. The highest BCUT2D eigenvalue weighted by atomic mass is 16.5. The van der Waals surface area contributed by atoms with E-state index in [-0.39, 0.29) is 12.2 Å². The second-order valence-electron chi connectivity index (χ2n) is 2.83. The Labute approximate surface area is 66.0 Å². The molecule has 64 valence electrons. The summed E-state index contributed by atoms with van der Waals surface area (Å²) in [7, 11) is 0. The van der Waals surface area contributed by atoms with Gasteiger partial charge >= 0.3 is 0 Å². The molecule has 1 aliphatic carbocycles. The van der Waals surface area contributed by atoms with Crippen LogP contribution in [-0.2, 0) is 4.74 Å². The van der Waals surface area contributed by atoms with Crippen molar-refractivity contribution < 1.29 is 9.84 Å². The van der Waals surface area contributed by atoms with Gasteiger partial charge in [-0.1, -0.05) is 0 Å². The Kier molecular flexibility index (Phi) is 3.16. The van der Waals surface area contributed by atoms with E-state index in [9.17, 15) is 5.11 Å². The van der Waals surface area contributed by atoms with Gasteiger partial charge < -0.3 is 15.7 Å². The van der Waals surface area contributed by atoms with Gasteiger partial charge in [0.15, 0.2) is 6.40 Å². The number of aliphatic hydroxyl groups is 1. The van der Waals surface area contributed by atoms with Crippen molar-refractivity contribution in [2.45, 2.75) is 37.9 Å². The minimum atomic E-state index is -0.208.